The first-order valence-corrected chi connectivity index (χ1v) is 10.2. The molecule has 0 aromatic carbocycles. The van der Waals surface area contributed by atoms with Gasteiger partial charge >= 0.3 is 0 Å². The quantitative estimate of drug-likeness (QED) is 0.386. The number of nitrogens with zero attached hydrogens (tertiary/aromatic N) is 3. The Morgan fingerprint density at radius 2 is 2.19 bits per heavy atom. The standard InChI is InChI=1S/C18H29N5OS.HI/c1-19-16(20-10-12-11-25-17(21-12)23(2)3)22-14-13-6-9-24-15(13)18(14)7-4-5-8-18;/h11,13-15H,4-10H2,1-3H3,(H2,19,20,22);1H. The number of halogens is 1. The van der Waals surface area contributed by atoms with Gasteiger partial charge in [-0.3, -0.25) is 4.99 Å². The van der Waals surface area contributed by atoms with E-state index in [1.807, 2.05) is 26.0 Å². The molecule has 0 amide bonds. The van der Waals surface area contributed by atoms with Gasteiger partial charge in [-0.1, -0.05) is 12.8 Å². The van der Waals surface area contributed by atoms with Crippen molar-refractivity contribution in [2.45, 2.75) is 50.8 Å². The molecule has 2 heterocycles. The van der Waals surface area contributed by atoms with Gasteiger partial charge in [0, 0.05) is 50.5 Å². The molecule has 1 spiro atoms. The largest absolute Gasteiger partial charge is 0.377 e. The van der Waals surface area contributed by atoms with E-state index in [4.69, 9.17) is 4.74 Å². The van der Waals surface area contributed by atoms with Crippen molar-refractivity contribution in [3.05, 3.63) is 11.1 Å². The van der Waals surface area contributed by atoms with Crippen LogP contribution in [-0.2, 0) is 11.3 Å². The van der Waals surface area contributed by atoms with Gasteiger partial charge < -0.3 is 20.3 Å². The Kier molecular flexibility index (Phi) is 6.33. The van der Waals surface area contributed by atoms with Crippen LogP contribution in [0.2, 0.25) is 0 Å². The van der Waals surface area contributed by atoms with Crippen LogP contribution >= 0.6 is 35.3 Å². The number of hydrogen-bond acceptors (Lipinski definition) is 5. The van der Waals surface area contributed by atoms with Gasteiger partial charge in [-0.05, 0) is 19.3 Å². The lowest BCUT2D eigenvalue weighted by Gasteiger charge is -2.57. The first kappa shape index (κ1) is 20.1. The molecule has 3 aliphatic rings. The number of aromatic nitrogens is 1. The molecule has 3 unspecified atom stereocenters. The molecule has 2 N–H and O–H groups in total. The third-order valence-corrected chi connectivity index (χ3v) is 7.22. The Hall–Kier alpha value is -0.610. The minimum Gasteiger partial charge on any atom is -0.377 e. The molecule has 3 fully saturated rings. The lowest BCUT2D eigenvalue weighted by atomic mass is 9.54. The van der Waals surface area contributed by atoms with Crippen LogP contribution in [0.5, 0.6) is 0 Å². The van der Waals surface area contributed by atoms with Crippen molar-refractivity contribution in [3.63, 3.8) is 0 Å². The summed E-state index contributed by atoms with van der Waals surface area (Å²) in [6.07, 6.45) is 6.92. The highest BCUT2D eigenvalue weighted by Crippen LogP contribution is 2.60. The summed E-state index contributed by atoms with van der Waals surface area (Å²) in [4.78, 5) is 11.1. The predicted molar refractivity (Wildman–Crippen MR) is 118 cm³/mol. The molecule has 0 radical (unpaired) electrons. The fraction of sp³-hybridized carbons (Fsp3) is 0.778. The van der Waals surface area contributed by atoms with E-state index in [9.17, 15) is 0 Å². The smallest absolute Gasteiger partial charge is 0.191 e. The monoisotopic (exact) mass is 491 g/mol. The molecule has 26 heavy (non-hydrogen) atoms. The zero-order valence-corrected chi connectivity index (χ0v) is 19.0. The van der Waals surface area contributed by atoms with Crippen molar-refractivity contribution in [3.8, 4) is 0 Å². The maximum atomic E-state index is 6.08. The fourth-order valence-electron chi connectivity index (χ4n) is 5.00. The Morgan fingerprint density at radius 3 is 2.85 bits per heavy atom. The molecule has 2 aliphatic carbocycles. The number of rotatable bonds is 4. The summed E-state index contributed by atoms with van der Waals surface area (Å²) >= 11 is 1.67. The van der Waals surface area contributed by atoms with Crippen LogP contribution in [0.25, 0.3) is 0 Å². The van der Waals surface area contributed by atoms with E-state index >= 15 is 0 Å². The molecule has 0 bridgehead atoms. The van der Waals surface area contributed by atoms with Gasteiger partial charge in [0.05, 0.1) is 18.3 Å². The van der Waals surface area contributed by atoms with Gasteiger partial charge in [0.25, 0.3) is 0 Å². The number of hydrogen-bond donors (Lipinski definition) is 2. The second kappa shape index (κ2) is 8.18. The molecule has 4 rings (SSSR count). The summed E-state index contributed by atoms with van der Waals surface area (Å²) in [5.74, 6) is 1.54. The summed E-state index contributed by atoms with van der Waals surface area (Å²) in [6, 6.07) is 0.501. The minimum atomic E-state index is 0. The zero-order chi connectivity index (χ0) is 17.4. The fourth-order valence-corrected chi connectivity index (χ4v) is 5.76. The van der Waals surface area contributed by atoms with Crippen LogP contribution in [0.1, 0.15) is 37.8 Å². The summed E-state index contributed by atoms with van der Waals surface area (Å²) in [5.41, 5.74) is 1.40. The molecule has 2 saturated carbocycles. The van der Waals surface area contributed by atoms with Gasteiger partial charge in [-0.15, -0.1) is 35.3 Å². The van der Waals surface area contributed by atoms with Crippen LogP contribution in [0, 0.1) is 11.3 Å². The van der Waals surface area contributed by atoms with Crippen LogP contribution in [-0.4, -0.2) is 50.8 Å². The number of thiazole rings is 1. The normalized spacial score (nSPS) is 29.0. The van der Waals surface area contributed by atoms with Crippen LogP contribution in [0.15, 0.2) is 10.4 Å². The molecular weight excluding hydrogens is 461 g/mol. The highest BCUT2D eigenvalue weighted by molar-refractivity contribution is 14.0. The molecule has 1 saturated heterocycles. The van der Waals surface area contributed by atoms with E-state index in [0.29, 0.717) is 30.0 Å². The van der Waals surface area contributed by atoms with Gasteiger partial charge in [0.2, 0.25) is 0 Å². The molecule has 1 aromatic heterocycles. The van der Waals surface area contributed by atoms with Crippen molar-refractivity contribution in [2.24, 2.45) is 16.3 Å². The maximum absolute atomic E-state index is 6.08. The summed E-state index contributed by atoms with van der Waals surface area (Å²) in [5, 5.41) is 10.3. The molecule has 3 atom stereocenters. The van der Waals surface area contributed by atoms with Gasteiger partial charge in [-0.25, -0.2) is 4.98 Å². The second-order valence-corrected chi connectivity index (χ2v) is 8.58. The molecule has 8 heteroatoms. The Bertz CT molecular complexity index is 643. The van der Waals surface area contributed by atoms with Gasteiger partial charge in [-0.2, -0.15) is 0 Å². The maximum Gasteiger partial charge on any atom is 0.191 e. The summed E-state index contributed by atoms with van der Waals surface area (Å²) < 4.78 is 6.08. The van der Waals surface area contributed by atoms with Crippen LogP contribution in [0.4, 0.5) is 5.13 Å². The van der Waals surface area contributed by atoms with Gasteiger partial charge in [0.15, 0.2) is 11.1 Å². The zero-order valence-electron chi connectivity index (χ0n) is 15.8. The Balaban J connectivity index is 0.00000196. The average Bonchev–Trinajstić information content (AvgIpc) is 3.34. The molecule has 1 aliphatic heterocycles. The predicted octanol–water partition coefficient (Wildman–Crippen LogP) is 2.84. The average molecular weight is 491 g/mol. The highest BCUT2D eigenvalue weighted by atomic mass is 127. The SMILES string of the molecule is CN=C(NCc1csc(N(C)C)n1)NC1C2CCOC2C12CCCC2.I. The van der Waals surface area contributed by atoms with E-state index in [1.165, 1.54) is 32.1 Å². The number of fused-ring (bicyclic) bond motifs is 2. The topological polar surface area (TPSA) is 61.8 Å². The van der Waals surface area contributed by atoms with Crippen LogP contribution in [0.3, 0.4) is 0 Å². The number of aliphatic imine (C=N–C) groups is 1. The number of ether oxygens (including phenoxy) is 1. The first-order chi connectivity index (χ1) is 12.1. The highest BCUT2D eigenvalue weighted by Gasteiger charge is 2.65. The second-order valence-electron chi connectivity index (χ2n) is 7.75. The number of anilines is 1. The van der Waals surface area contributed by atoms with E-state index in [0.717, 1.165) is 23.4 Å². The Morgan fingerprint density at radius 1 is 1.42 bits per heavy atom. The van der Waals surface area contributed by atoms with Crippen molar-refractivity contribution in [1.29, 1.82) is 0 Å². The van der Waals surface area contributed by atoms with Crippen molar-refractivity contribution in [2.75, 3.05) is 32.6 Å². The first-order valence-electron chi connectivity index (χ1n) is 9.34. The van der Waals surface area contributed by atoms with E-state index in [1.54, 1.807) is 11.3 Å². The Labute approximate surface area is 177 Å². The lowest BCUT2D eigenvalue weighted by molar-refractivity contribution is -0.125. The van der Waals surface area contributed by atoms with Crippen LogP contribution < -0.4 is 15.5 Å². The lowest BCUT2D eigenvalue weighted by Crippen LogP contribution is -2.69. The third-order valence-electron chi connectivity index (χ3n) is 6.16. The van der Waals surface area contributed by atoms with E-state index in [-0.39, 0.29) is 24.0 Å². The molecule has 1 aromatic rings. The summed E-state index contributed by atoms with van der Waals surface area (Å²) in [7, 11) is 5.90. The summed E-state index contributed by atoms with van der Waals surface area (Å²) in [6.45, 7) is 1.63. The van der Waals surface area contributed by atoms with Crippen molar-refractivity contribution >= 4 is 46.4 Å². The van der Waals surface area contributed by atoms with Crippen molar-refractivity contribution in [1.82, 2.24) is 15.6 Å². The van der Waals surface area contributed by atoms with Crippen molar-refractivity contribution < 1.29 is 4.74 Å². The van der Waals surface area contributed by atoms with Gasteiger partial charge in [0.1, 0.15) is 0 Å². The minimum absolute atomic E-state index is 0. The third kappa shape index (κ3) is 3.44. The molecule has 6 nitrogen and oxygen atoms in total. The van der Waals surface area contributed by atoms with E-state index in [2.05, 4.69) is 26.0 Å². The molecule has 146 valence electrons. The number of guanidine groups is 1. The molecular formula is C18H30IN5OS. The number of nitrogens with one attached hydrogen (secondary N) is 2. The van der Waals surface area contributed by atoms with E-state index < -0.39 is 0 Å².